The summed E-state index contributed by atoms with van der Waals surface area (Å²) in [5.74, 6) is -1.23. The molecule has 0 saturated carbocycles. The van der Waals surface area contributed by atoms with Crippen molar-refractivity contribution >= 4 is 39.1 Å². The number of halogens is 4. The molecule has 0 fully saturated rings. The van der Waals surface area contributed by atoms with Crippen LogP contribution in [0.5, 0.6) is 0 Å². The molecule has 1 N–H and O–H groups in total. The van der Waals surface area contributed by atoms with Crippen LogP contribution in [0.1, 0.15) is 23.6 Å². The van der Waals surface area contributed by atoms with E-state index in [9.17, 15) is 31.2 Å². The number of carbonyl (C=O) groups excluding carboxylic acids is 2. The van der Waals surface area contributed by atoms with Gasteiger partial charge in [-0.2, -0.15) is 13.2 Å². The molecule has 0 aliphatic rings. The summed E-state index contributed by atoms with van der Waals surface area (Å²) >= 11 is 6.01. The van der Waals surface area contributed by atoms with Gasteiger partial charge in [0, 0.05) is 24.5 Å². The molecule has 0 bridgehead atoms. The van der Waals surface area contributed by atoms with Crippen molar-refractivity contribution < 1.29 is 31.2 Å². The zero-order valence-corrected chi connectivity index (χ0v) is 23.4. The first-order valence-electron chi connectivity index (χ1n) is 12.3. The second-order valence-electron chi connectivity index (χ2n) is 9.07. The molecule has 40 heavy (non-hydrogen) atoms. The molecule has 1 atom stereocenters. The number of nitrogens with zero attached hydrogens (tertiary/aromatic N) is 2. The van der Waals surface area contributed by atoms with Crippen LogP contribution in [-0.2, 0) is 38.8 Å². The van der Waals surface area contributed by atoms with Crippen LogP contribution in [0.4, 0.5) is 18.9 Å². The number of sulfonamides is 1. The molecule has 0 radical (unpaired) electrons. The number of alkyl halides is 3. The molecule has 2 amide bonds. The molecule has 3 aromatic carbocycles. The molecular formula is C28H29ClF3N3O4S. The van der Waals surface area contributed by atoms with E-state index in [0.29, 0.717) is 21.0 Å². The van der Waals surface area contributed by atoms with E-state index in [1.165, 1.54) is 11.0 Å². The van der Waals surface area contributed by atoms with Crippen molar-refractivity contribution in [3.63, 3.8) is 0 Å². The lowest BCUT2D eigenvalue weighted by molar-refractivity contribution is -0.140. The average Bonchev–Trinajstić information content (AvgIpc) is 2.90. The monoisotopic (exact) mass is 595 g/mol. The predicted molar refractivity (Wildman–Crippen MR) is 148 cm³/mol. The van der Waals surface area contributed by atoms with Gasteiger partial charge in [-0.15, -0.1) is 0 Å². The minimum absolute atomic E-state index is 0.0785. The molecule has 0 heterocycles. The first-order valence-corrected chi connectivity index (χ1v) is 14.5. The van der Waals surface area contributed by atoms with Gasteiger partial charge in [-0.3, -0.25) is 13.9 Å². The van der Waals surface area contributed by atoms with Crippen LogP contribution in [0, 0.1) is 0 Å². The van der Waals surface area contributed by atoms with Crippen LogP contribution in [0.15, 0.2) is 78.9 Å². The van der Waals surface area contributed by atoms with Crippen molar-refractivity contribution in [2.75, 3.05) is 23.7 Å². The summed E-state index contributed by atoms with van der Waals surface area (Å²) in [4.78, 5) is 28.4. The Morgan fingerprint density at radius 1 is 0.950 bits per heavy atom. The average molecular weight is 596 g/mol. The molecule has 12 heteroatoms. The molecule has 3 rings (SSSR count). The third kappa shape index (κ3) is 8.46. The van der Waals surface area contributed by atoms with E-state index >= 15 is 0 Å². The molecule has 7 nitrogen and oxygen atoms in total. The first-order chi connectivity index (χ1) is 18.8. The van der Waals surface area contributed by atoms with E-state index in [0.717, 1.165) is 24.0 Å². The van der Waals surface area contributed by atoms with Gasteiger partial charge < -0.3 is 10.2 Å². The largest absolute Gasteiger partial charge is 0.416 e. The Kier molecular flexibility index (Phi) is 10.2. The van der Waals surface area contributed by atoms with Gasteiger partial charge in [-0.1, -0.05) is 60.1 Å². The van der Waals surface area contributed by atoms with Crippen LogP contribution in [0.3, 0.4) is 0 Å². The van der Waals surface area contributed by atoms with Crippen molar-refractivity contribution in [2.24, 2.45) is 0 Å². The molecule has 3 aromatic rings. The molecule has 214 valence electrons. The fourth-order valence-electron chi connectivity index (χ4n) is 4.08. The molecule has 0 unspecified atom stereocenters. The van der Waals surface area contributed by atoms with Gasteiger partial charge in [0.1, 0.15) is 12.6 Å². The number of hydrogen-bond donors (Lipinski definition) is 1. The van der Waals surface area contributed by atoms with E-state index in [2.05, 4.69) is 5.32 Å². The third-order valence-corrected chi connectivity index (χ3v) is 7.42. The lowest BCUT2D eigenvalue weighted by atomic mass is 10.0. The number of anilines is 1. The summed E-state index contributed by atoms with van der Waals surface area (Å²) in [5.41, 5.74) is -0.0151. The van der Waals surface area contributed by atoms with Crippen LogP contribution < -0.4 is 9.62 Å². The molecule has 0 aliphatic carbocycles. The van der Waals surface area contributed by atoms with Crippen molar-refractivity contribution in [1.29, 1.82) is 0 Å². The Morgan fingerprint density at radius 3 is 2.17 bits per heavy atom. The number of benzene rings is 3. The SMILES string of the molecule is CCNC(=O)[C@@H](Cc1ccccc1)N(Cc1ccc(Cl)cc1)C(=O)CN(c1cccc(C(F)(F)F)c1)S(C)(=O)=O. The van der Waals surface area contributed by atoms with Gasteiger partial charge in [0.2, 0.25) is 21.8 Å². The van der Waals surface area contributed by atoms with Gasteiger partial charge in [0.25, 0.3) is 0 Å². The van der Waals surface area contributed by atoms with Gasteiger partial charge in [0.05, 0.1) is 17.5 Å². The number of carbonyl (C=O) groups is 2. The lowest BCUT2D eigenvalue weighted by Crippen LogP contribution is -2.53. The van der Waals surface area contributed by atoms with E-state index in [-0.39, 0.29) is 25.2 Å². The molecule has 0 aromatic heterocycles. The number of hydrogen-bond acceptors (Lipinski definition) is 4. The normalized spacial score (nSPS) is 12.4. The summed E-state index contributed by atoms with van der Waals surface area (Å²) in [5, 5.41) is 3.18. The van der Waals surface area contributed by atoms with Crippen molar-refractivity contribution in [2.45, 2.75) is 32.1 Å². The van der Waals surface area contributed by atoms with Crippen LogP contribution >= 0.6 is 11.6 Å². The first kappa shape index (κ1) is 31.0. The second kappa shape index (κ2) is 13.2. The van der Waals surface area contributed by atoms with Crippen molar-refractivity contribution in [1.82, 2.24) is 10.2 Å². The van der Waals surface area contributed by atoms with E-state index in [4.69, 9.17) is 11.6 Å². The van der Waals surface area contributed by atoms with Crippen LogP contribution in [0.25, 0.3) is 0 Å². The van der Waals surface area contributed by atoms with Gasteiger partial charge in [0.15, 0.2) is 0 Å². The highest BCUT2D eigenvalue weighted by Gasteiger charge is 2.34. The maximum absolute atomic E-state index is 13.9. The topological polar surface area (TPSA) is 86.8 Å². The Labute approximate surface area is 236 Å². The van der Waals surface area contributed by atoms with Gasteiger partial charge in [-0.05, 0) is 48.4 Å². The minimum Gasteiger partial charge on any atom is -0.355 e. The summed E-state index contributed by atoms with van der Waals surface area (Å²) in [6.07, 6.45) is -3.80. The Balaban J connectivity index is 2.06. The second-order valence-corrected chi connectivity index (χ2v) is 11.4. The highest BCUT2D eigenvalue weighted by atomic mass is 35.5. The number of amides is 2. The summed E-state index contributed by atoms with van der Waals surface area (Å²) in [6, 6.07) is 18.2. The van der Waals surface area contributed by atoms with Crippen molar-refractivity contribution in [3.8, 4) is 0 Å². The maximum Gasteiger partial charge on any atom is 0.416 e. The zero-order chi connectivity index (χ0) is 29.5. The number of rotatable bonds is 11. The maximum atomic E-state index is 13.9. The minimum atomic E-state index is -4.72. The molecular weight excluding hydrogens is 567 g/mol. The fraction of sp³-hybridized carbons (Fsp3) is 0.286. The lowest BCUT2D eigenvalue weighted by Gasteiger charge is -2.33. The van der Waals surface area contributed by atoms with Crippen LogP contribution in [0.2, 0.25) is 5.02 Å². The van der Waals surface area contributed by atoms with E-state index in [1.807, 2.05) is 0 Å². The Morgan fingerprint density at radius 2 is 1.60 bits per heavy atom. The molecule has 0 spiro atoms. The molecule has 0 saturated heterocycles. The van der Waals surface area contributed by atoms with Crippen LogP contribution in [-0.4, -0.2) is 50.5 Å². The standard InChI is InChI=1S/C28H29ClF3N3O4S/c1-3-33-27(37)25(16-20-8-5-4-6-9-20)34(18-21-12-14-23(29)15-13-21)26(36)19-35(40(2,38)39)24-11-7-10-22(17-24)28(30,31)32/h4-15,17,25H,3,16,18-19H2,1-2H3,(H,33,37)/t25-/m1/s1. The zero-order valence-electron chi connectivity index (χ0n) is 21.9. The highest BCUT2D eigenvalue weighted by molar-refractivity contribution is 7.92. The van der Waals surface area contributed by atoms with Crippen molar-refractivity contribution in [3.05, 3.63) is 101 Å². The van der Waals surface area contributed by atoms with E-state index < -0.39 is 46.2 Å². The predicted octanol–water partition coefficient (Wildman–Crippen LogP) is 4.90. The summed E-state index contributed by atoms with van der Waals surface area (Å²) < 4.78 is 66.2. The van der Waals surface area contributed by atoms with E-state index in [1.54, 1.807) is 61.5 Å². The quantitative estimate of drug-likeness (QED) is 0.342. The third-order valence-electron chi connectivity index (χ3n) is 6.03. The number of likely N-dealkylation sites (N-methyl/N-ethyl adjacent to an activating group) is 1. The highest BCUT2D eigenvalue weighted by Crippen LogP contribution is 2.32. The van der Waals surface area contributed by atoms with Gasteiger partial charge in [-0.25, -0.2) is 8.42 Å². The summed E-state index contributed by atoms with van der Waals surface area (Å²) in [6.45, 7) is 1.11. The Hall–Kier alpha value is -3.57. The molecule has 0 aliphatic heterocycles. The Bertz CT molecular complexity index is 1420. The van der Waals surface area contributed by atoms with Gasteiger partial charge >= 0.3 is 6.18 Å². The summed E-state index contributed by atoms with van der Waals surface area (Å²) in [7, 11) is -4.20. The smallest absolute Gasteiger partial charge is 0.355 e. The fourth-order valence-corrected chi connectivity index (χ4v) is 5.05. The number of nitrogens with one attached hydrogen (secondary N) is 1.